The Hall–Kier alpha value is -2.17. The Kier molecular flexibility index (Phi) is 3.26. The Labute approximate surface area is 116 Å². The van der Waals surface area contributed by atoms with Gasteiger partial charge in [0.15, 0.2) is 5.78 Å². The second-order valence-corrected chi connectivity index (χ2v) is 5.21. The number of piperidine rings is 1. The van der Waals surface area contributed by atoms with Gasteiger partial charge in [0.05, 0.1) is 0 Å². The van der Waals surface area contributed by atoms with Crippen LogP contribution in [0.15, 0.2) is 18.2 Å². The molecule has 0 spiro atoms. The Morgan fingerprint density at radius 2 is 2.10 bits per heavy atom. The van der Waals surface area contributed by atoms with Crippen molar-refractivity contribution in [2.45, 2.75) is 31.7 Å². The molecule has 5 nitrogen and oxygen atoms in total. The minimum Gasteiger partial charge on any atom is -0.354 e. The lowest BCUT2D eigenvalue weighted by molar-refractivity contribution is -0.124. The molecule has 2 N–H and O–H groups in total. The fourth-order valence-corrected chi connectivity index (χ4v) is 2.85. The zero-order valence-electron chi connectivity index (χ0n) is 11.1. The van der Waals surface area contributed by atoms with Crippen molar-refractivity contribution in [1.29, 1.82) is 0 Å². The van der Waals surface area contributed by atoms with Crippen molar-refractivity contribution in [1.82, 2.24) is 10.6 Å². The summed E-state index contributed by atoms with van der Waals surface area (Å²) in [4.78, 5) is 35.7. The van der Waals surface area contributed by atoms with E-state index >= 15 is 0 Å². The molecule has 0 unspecified atom stereocenters. The molecule has 1 aliphatic carbocycles. The Balaban J connectivity index is 1.81. The Morgan fingerprint density at radius 1 is 1.25 bits per heavy atom. The molecule has 20 heavy (non-hydrogen) atoms. The average molecular weight is 272 g/mol. The predicted octanol–water partition coefficient (Wildman–Crippen LogP) is 0.824. The van der Waals surface area contributed by atoms with Gasteiger partial charge in [-0.05, 0) is 30.9 Å². The van der Waals surface area contributed by atoms with Crippen LogP contribution in [-0.4, -0.2) is 30.2 Å². The number of Topliss-reactive ketones (excluding diaryl/α,β-unsaturated/α-hetero) is 1. The van der Waals surface area contributed by atoms with E-state index in [1.54, 1.807) is 18.2 Å². The van der Waals surface area contributed by atoms with E-state index in [0.29, 0.717) is 36.9 Å². The lowest BCUT2D eigenvalue weighted by Gasteiger charge is -2.23. The summed E-state index contributed by atoms with van der Waals surface area (Å²) in [6.45, 7) is 0.667. The summed E-state index contributed by atoms with van der Waals surface area (Å²) >= 11 is 0. The maximum absolute atomic E-state index is 12.3. The lowest BCUT2D eigenvalue weighted by Crippen LogP contribution is -2.50. The van der Waals surface area contributed by atoms with Crippen molar-refractivity contribution >= 4 is 17.6 Å². The summed E-state index contributed by atoms with van der Waals surface area (Å²) in [6, 6.07) is 4.73. The van der Waals surface area contributed by atoms with Crippen LogP contribution in [-0.2, 0) is 11.2 Å². The van der Waals surface area contributed by atoms with E-state index in [0.717, 1.165) is 12.0 Å². The Bertz CT molecular complexity index is 595. The summed E-state index contributed by atoms with van der Waals surface area (Å²) in [6.07, 6.45) is 2.59. The van der Waals surface area contributed by atoms with Gasteiger partial charge < -0.3 is 10.6 Å². The van der Waals surface area contributed by atoms with Crippen LogP contribution in [0.1, 0.15) is 45.5 Å². The number of fused-ring (bicyclic) bond motifs is 1. The molecule has 5 heteroatoms. The van der Waals surface area contributed by atoms with Crippen LogP contribution in [0.2, 0.25) is 0 Å². The summed E-state index contributed by atoms with van der Waals surface area (Å²) in [5.74, 6) is -0.308. The summed E-state index contributed by atoms with van der Waals surface area (Å²) < 4.78 is 0. The van der Waals surface area contributed by atoms with Gasteiger partial charge in [0.25, 0.3) is 5.91 Å². The first-order valence-electron chi connectivity index (χ1n) is 6.90. The highest BCUT2D eigenvalue weighted by molar-refractivity contribution is 6.06. The van der Waals surface area contributed by atoms with Gasteiger partial charge in [-0.15, -0.1) is 0 Å². The van der Waals surface area contributed by atoms with Gasteiger partial charge in [-0.3, -0.25) is 14.4 Å². The summed E-state index contributed by atoms with van der Waals surface area (Å²) in [7, 11) is 0. The van der Waals surface area contributed by atoms with E-state index in [9.17, 15) is 14.4 Å². The molecule has 2 amide bonds. The average Bonchev–Trinajstić information content (AvgIpc) is 2.83. The van der Waals surface area contributed by atoms with Crippen LogP contribution in [0.3, 0.4) is 0 Å². The van der Waals surface area contributed by atoms with Crippen LogP contribution >= 0.6 is 0 Å². The number of carbonyl (C=O) groups excluding carboxylic acids is 3. The zero-order chi connectivity index (χ0) is 14.1. The molecule has 0 saturated carbocycles. The number of hydrogen-bond donors (Lipinski definition) is 2. The molecule has 1 fully saturated rings. The molecule has 1 aromatic carbocycles. The molecule has 0 bridgehead atoms. The third-order valence-electron chi connectivity index (χ3n) is 3.91. The van der Waals surface area contributed by atoms with Gasteiger partial charge in [0.1, 0.15) is 6.04 Å². The van der Waals surface area contributed by atoms with Gasteiger partial charge in [-0.1, -0.05) is 12.1 Å². The molecule has 1 saturated heterocycles. The largest absolute Gasteiger partial charge is 0.354 e. The molecule has 1 heterocycles. The number of hydrogen-bond acceptors (Lipinski definition) is 3. The molecule has 1 atom stereocenters. The topological polar surface area (TPSA) is 75.3 Å². The van der Waals surface area contributed by atoms with Crippen molar-refractivity contribution < 1.29 is 14.4 Å². The van der Waals surface area contributed by atoms with Gasteiger partial charge in [0.2, 0.25) is 5.91 Å². The molecule has 3 rings (SSSR count). The van der Waals surface area contributed by atoms with Gasteiger partial charge in [-0.2, -0.15) is 0 Å². The van der Waals surface area contributed by atoms with Crippen LogP contribution in [0.5, 0.6) is 0 Å². The maximum Gasteiger partial charge on any atom is 0.252 e. The minimum atomic E-state index is -0.468. The number of ketones is 1. The molecule has 2 aliphatic rings. The van der Waals surface area contributed by atoms with Crippen molar-refractivity contribution in [3.63, 3.8) is 0 Å². The summed E-state index contributed by atoms with van der Waals surface area (Å²) in [5, 5.41) is 5.51. The third-order valence-corrected chi connectivity index (χ3v) is 3.91. The van der Waals surface area contributed by atoms with E-state index in [1.807, 2.05) is 0 Å². The van der Waals surface area contributed by atoms with E-state index in [1.165, 1.54) is 0 Å². The molecule has 0 radical (unpaired) electrons. The monoisotopic (exact) mass is 272 g/mol. The highest BCUT2D eigenvalue weighted by Crippen LogP contribution is 2.25. The normalized spacial score (nSPS) is 21.3. The zero-order valence-corrected chi connectivity index (χ0v) is 11.1. The smallest absolute Gasteiger partial charge is 0.252 e. The van der Waals surface area contributed by atoms with Crippen LogP contribution in [0, 0.1) is 0 Å². The molecule has 1 aromatic rings. The second-order valence-electron chi connectivity index (χ2n) is 5.21. The van der Waals surface area contributed by atoms with Crippen molar-refractivity contribution in [3.05, 3.63) is 34.9 Å². The number of amides is 2. The Morgan fingerprint density at radius 3 is 2.90 bits per heavy atom. The van der Waals surface area contributed by atoms with Gasteiger partial charge in [-0.25, -0.2) is 0 Å². The summed E-state index contributed by atoms with van der Waals surface area (Å²) in [5.41, 5.74) is 1.98. The minimum absolute atomic E-state index is 0.0880. The van der Waals surface area contributed by atoms with E-state index in [-0.39, 0.29) is 17.6 Å². The first-order chi connectivity index (χ1) is 9.66. The predicted molar refractivity (Wildman–Crippen MR) is 72.6 cm³/mol. The SMILES string of the molecule is O=C1CCc2c1cccc2C(=O)N[C@H]1CCCNC1=O. The van der Waals surface area contributed by atoms with Crippen LogP contribution < -0.4 is 10.6 Å². The third kappa shape index (κ3) is 2.19. The first kappa shape index (κ1) is 12.8. The number of nitrogens with one attached hydrogen (secondary N) is 2. The highest BCUT2D eigenvalue weighted by Gasteiger charge is 2.28. The molecule has 1 aliphatic heterocycles. The molecule has 104 valence electrons. The van der Waals surface area contributed by atoms with E-state index in [4.69, 9.17) is 0 Å². The fourth-order valence-electron chi connectivity index (χ4n) is 2.85. The number of carbonyl (C=O) groups is 3. The quantitative estimate of drug-likeness (QED) is 0.837. The van der Waals surface area contributed by atoms with Gasteiger partial charge >= 0.3 is 0 Å². The van der Waals surface area contributed by atoms with Crippen molar-refractivity contribution in [2.24, 2.45) is 0 Å². The standard InChI is InChI=1S/C15H16N2O3/c18-13-7-6-9-10(13)3-1-4-11(9)14(19)17-12-5-2-8-16-15(12)20/h1,3-4,12H,2,5-8H2,(H,16,20)(H,17,19)/t12-/m0/s1. The van der Waals surface area contributed by atoms with Crippen molar-refractivity contribution in [3.8, 4) is 0 Å². The molecule has 0 aromatic heterocycles. The second kappa shape index (κ2) is 5.07. The van der Waals surface area contributed by atoms with E-state index < -0.39 is 6.04 Å². The van der Waals surface area contributed by atoms with E-state index in [2.05, 4.69) is 10.6 Å². The maximum atomic E-state index is 12.3. The molecular formula is C15H16N2O3. The van der Waals surface area contributed by atoms with Crippen LogP contribution in [0.25, 0.3) is 0 Å². The highest BCUT2D eigenvalue weighted by atomic mass is 16.2. The van der Waals surface area contributed by atoms with Crippen LogP contribution in [0.4, 0.5) is 0 Å². The fraction of sp³-hybridized carbons (Fsp3) is 0.400. The van der Waals surface area contributed by atoms with Gasteiger partial charge in [0, 0.05) is 24.1 Å². The van der Waals surface area contributed by atoms with Crippen molar-refractivity contribution in [2.75, 3.05) is 6.54 Å². The molecular weight excluding hydrogens is 256 g/mol. The first-order valence-corrected chi connectivity index (χ1v) is 6.90. The lowest BCUT2D eigenvalue weighted by atomic mass is 10.0. The number of rotatable bonds is 2. The number of benzene rings is 1.